The van der Waals surface area contributed by atoms with E-state index in [2.05, 4.69) is 37.4 Å². The monoisotopic (exact) mass is 240 g/mol. The molecule has 0 saturated heterocycles. The van der Waals surface area contributed by atoms with Crippen molar-refractivity contribution in [3.8, 4) is 0 Å². The number of benzene rings is 1. The highest BCUT2D eigenvalue weighted by Gasteiger charge is 2.17. The van der Waals surface area contributed by atoms with Crippen LogP contribution in [0.5, 0.6) is 0 Å². The second-order valence-corrected chi connectivity index (χ2v) is 5.18. The number of aryl methyl sites for hydroxylation is 2. The molecule has 2 nitrogen and oxygen atoms in total. The fourth-order valence-corrected chi connectivity index (χ4v) is 2.95. The molecule has 0 spiro atoms. The van der Waals surface area contributed by atoms with Crippen molar-refractivity contribution in [2.75, 3.05) is 11.9 Å². The maximum atomic E-state index is 4.81. The van der Waals surface area contributed by atoms with Gasteiger partial charge in [-0.2, -0.15) is 0 Å². The van der Waals surface area contributed by atoms with E-state index in [1.54, 1.807) is 0 Å². The van der Waals surface area contributed by atoms with Crippen LogP contribution in [-0.4, -0.2) is 11.5 Å². The molecule has 0 aliphatic heterocycles. The molecule has 0 unspecified atom stereocenters. The van der Waals surface area contributed by atoms with E-state index in [9.17, 15) is 0 Å². The van der Waals surface area contributed by atoms with E-state index in [1.807, 2.05) is 0 Å². The van der Waals surface area contributed by atoms with Crippen molar-refractivity contribution in [1.29, 1.82) is 0 Å². The maximum Gasteiger partial charge on any atom is 0.130 e. The predicted molar refractivity (Wildman–Crippen MR) is 77.3 cm³/mol. The van der Waals surface area contributed by atoms with Crippen LogP contribution in [0.4, 0.5) is 5.82 Å². The highest BCUT2D eigenvalue weighted by molar-refractivity contribution is 5.86. The second kappa shape index (κ2) is 4.60. The van der Waals surface area contributed by atoms with Gasteiger partial charge in [-0.1, -0.05) is 11.6 Å². The molecule has 0 bridgehead atoms. The molecule has 18 heavy (non-hydrogen) atoms. The zero-order valence-electron chi connectivity index (χ0n) is 11.2. The number of nitrogens with zero attached hydrogens (tertiary/aromatic N) is 1. The molecule has 0 amide bonds. The lowest BCUT2D eigenvalue weighted by molar-refractivity contribution is 0.688. The summed E-state index contributed by atoms with van der Waals surface area (Å²) < 4.78 is 0. The first-order chi connectivity index (χ1) is 8.79. The molecular formula is C16H20N2. The minimum absolute atomic E-state index is 0.941. The van der Waals surface area contributed by atoms with Crippen molar-refractivity contribution in [2.24, 2.45) is 0 Å². The lowest BCUT2D eigenvalue weighted by Crippen LogP contribution is -2.11. The summed E-state index contributed by atoms with van der Waals surface area (Å²) in [6, 6.07) is 6.60. The number of anilines is 1. The Labute approximate surface area is 108 Å². The molecule has 3 rings (SSSR count). The Hall–Kier alpha value is -1.57. The summed E-state index contributed by atoms with van der Waals surface area (Å²) in [5.74, 6) is 1.11. The van der Waals surface area contributed by atoms with Crippen LogP contribution in [0.15, 0.2) is 18.2 Å². The molecule has 0 radical (unpaired) electrons. The highest BCUT2D eigenvalue weighted by atomic mass is 15.0. The fraction of sp³-hybridized carbons (Fsp3) is 0.438. The van der Waals surface area contributed by atoms with Crippen molar-refractivity contribution < 1.29 is 0 Å². The summed E-state index contributed by atoms with van der Waals surface area (Å²) in [6.45, 7) is 5.24. The molecule has 2 aromatic rings. The molecule has 0 atom stereocenters. The van der Waals surface area contributed by atoms with Crippen LogP contribution in [0.1, 0.15) is 36.5 Å². The van der Waals surface area contributed by atoms with E-state index in [1.165, 1.54) is 47.8 Å². The Balaban J connectivity index is 2.28. The molecule has 1 aliphatic carbocycles. The van der Waals surface area contributed by atoms with Crippen LogP contribution in [0.2, 0.25) is 0 Å². The van der Waals surface area contributed by atoms with Gasteiger partial charge >= 0.3 is 0 Å². The van der Waals surface area contributed by atoms with Gasteiger partial charge in [-0.05, 0) is 62.8 Å². The largest absolute Gasteiger partial charge is 0.370 e. The van der Waals surface area contributed by atoms with Gasteiger partial charge < -0.3 is 5.32 Å². The Kier molecular flexibility index (Phi) is 2.94. The summed E-state index contributed by atoms with van der Waals surface area (Å²) in [4.78, 5) is 4.81. The number of aromatic nitrogens is 1. The number of nitrogens with one attached hydrogen (secondary N) is 1. The van der Waals surface area contributed by atoms with E-state index >= 15 is 0 Å². The van der Waals surface area contributed by atoms with Gasteiger partial charge in [0.1, 0.15) is 5.82 Å². The van der Waals surface area contributed by atoms with E-state index < -0.39 is 0 Å². The molecule has 94 valence electrons. The number of hydrogen-bond donors (Lipinski definition) is 1. The molecule has 1 N–H and O–H groups in total. The molecule has 0 saturated carbocycles. The highest BCUT2D eigenvalue weighted by Crippen LogP contribution is 2.32. The average Bonchev–Trinajstić information content (AvgIpc) is 2.40. The average molecular weight is 240 g/mol. The Bertz CT molecular complexity index is 587. The van der Waals surface area contributed by atoms with E-state index in [0.29, 0.717) is 0 Å². The van der Waals surface area contributed by atoms with E-state index in [4.69, 9.17) is 4.98 Å². The van der Waals surface area contributed by atoms with Gasteiger partial charge in [0.25, 0.3) is 0 Å². The van der Waals surface area contributed by atoms with Crippen molar-refractivity contribution in [2.45, 2.75) is 39.5 Å². The lowest BCUT2D eigenvalue weighted by atomic mass is 9.89. The standard InChI is InChI=1S/C16H20N2/c1-3-17-16-13-7-5-4-6-12(13)14-10-11(2)8-9-15(14)18-16/h8-10H,3-7H2,1-2H3,(H,17,18). The summed E-state index contributed by atoms with van der Waals surface area (Å²) in [5.41, 5.74) is 5.46. The summed E-state index contributed by atoms with van der Waals surface area (Å²) >= 11 is 0. The van der Waals surface area contributed by atoms with Crippen LogP contribution in [-0.2, 0) is 12.8 Å². The number of fused-ring (bicyclic) bond motifs is 3. The quantitative estimate of drug-likeness (QED) is 0.862. The fourth-order valence-electron chi connectivity index (χ4n) is 2.95. The first kappa shape index (κ1) is 11.5. The Morgan fingerprint density at radius 1 is 1.17 bits per heavy atom. The van der Waals surface area contributed by atoms with Gasteiger partial charge in [0.2, 0.25) is 0 Å². The first-order valence-electron chi connectivity index (χ1n) is 6.95. The van der Waals surface area contributed by atoms with Gasteiger partial charge in [0.05, 0.1) is 5.52 Å². The Morgan fingerprint density at radius 3 is 2.72 bits per heavy atom. The van der Waals surface area contributed by atoms with Crippen molar-refractivity contribution >= 4 is 16.7 Å². The van der Waals surface area contributed by atoms with Crippen LogP contribution in [0.25, 0.3) is 10.9 Å². The zero-order chi connectivity index (χ0) is 12.5. The topological polar surface area (TPSA) is 24.9 Å². The maximum absolute atomic E-state index is 4.81. The number of pyridine rings is 1. The third-order valence-corrected chi connectivity index (χ3v) is 3.81. The predicted octanol–water partition coefficient (Wildman–Crippen LogP) is 3.85. The van der Waals surface area contributed by atoms with Crippen LogP contribution in [0, 0.1) is 6.92 Å². The van der Waals surface area contributed by atoms with Gasteiger partial charge in [0, 0.05) is 11.9 Å². The molecule has 1 aromatic heterocycles. The molecule has 2 heteroatoms. The van der Waals surface area contributed by atoms with Crippen molar-refractivity contribution in [3.63, 3.8) is 0 Å². The number of rotatable bonds is 2. The van der Waals surface area contributed by atoms with Crippen molar-refractivity contribution in [3.05, 3.63) is 34.9 Å². The lowest BCUT2D eigenvalue weighted by Gasteiger charge is -2.21. The summed E-state index contributed by atoms with van der Waals surface area (Å²) in [6.07, 6.45) is 4.99. The number of hydrogen-bond acceptors (Lipinski definition) is 2. The smallest absolute Gasteiger partial charge is 0.130 e. The molecule has 1 aromatic carbocycles. The van der Waals surface area contributed by atoms with Gasteiger partial charge in [0.15, 0.2) is 0 Å². The zero-order valence-corrected chi connectivity index (χ0v) is 11.2. The summed E-state index contributed by atoms with van der Waals surface area (Å²) in [5, 5.41) is 4.80. The minimum Gasteiger partial charge on any atom is -0.370 e. The van der Waals surface area contributed by atoms with Gasteiger partial charge in [-0.3, -0.25) is 0 Å². The summed E-state index contributed by atoms with van der Waals surface area (Å²) in [7, 11) is 0. The molecule has 1 heterocycles. The van der Waals surface area contributed by atoms with Crippen molar-refractivity contribution in [1.82, 2.24) is 4.98 Å². The SMILES string of the molecule is CCNc1nc2ccc(C)cc2c2c1CCCC2. The molecule has 1 aliphatic rings. The molecule has 0 fully saturated rings. The van der Waals surface area contributed by atoms with Crippen LogP contribution in [0.3, 0.4) is 0 Å². The normalized spacial score (nSPS) is 14.6. The van der Waals surface area contributed by atoms with E-state index in [0.717, 1.165) is 17.9 Å². The van der Waals surface area contributed by atoms with Crippen LogP contribution >= 0.6 is 0 Å². The second-order valence-electron chi connectivity index (χ2n) is 5.18. The van der Waals surface area contributed by atoms with E-state index in [-0.39, 0.29) is 0 Å². The minimum atomic E-state index is 0.941. The Morgan fingerprint density at radius 2 is 1.94 bits per heavy atom. The van der Waals surface area contributed by atoms with Gasteiger partial charge in [-0.25, -0.2) is 4.98 Å². The third kappa shape index (κ3) is 1.86. The molecular weight excluding hydrogens is 220 g/mol. The van der Waals surface area contributed by atoms with Crippen LogP contribution < -0.4 is 5.32 Å². The third-order valence-electron chi connectivity index (χ3n) is 3.81. The van der Waals surface area contributed by atoms with Gasteiger partial charge in [-0.15, -0.1) is 0 Å². The first-order valence-corrected chi connectivity index (χ1v) is 6.95.